The van der Waals surface area contributed by atoms with Crippen LogP contribution >= 0.6 is 0 Å². The molecule has 12 heteroatoms. The van der Waals surface area contributed by atoms with Crippen molar-refractivity contribution in [1.29, 1.82) is 0 Å². The Morgan fingerprint density at radius 2 is 1.77 bits per heavy atom. The molecule has 1 aromatic heterocycles. The van der Waals surface area contributed by atoms with Gasteiger partial charge in [0.2, 0.25) is 21.7 Å². The Balaban J connectivity index is 1.46. The Bertz CT molecular complexity index is 1170. The normalized spacial score (nSPS) is 15.6. The standard InChI is InChI=1S/C19H15F4N3O4S/c20-14-7-5-12(6-8-14)17-24-18(30-25-17)13-9-26(10-13)31(27,28)16-4-2-1-3-15(16)29-11-19(21,22)23/h1-8,13H,9-11H2. The van der Waals surface area contributed by atoms with E-state index in [9.17, 15) is 26.0 Å². The van der Waals surface area contributed by atoms with Crippen molar-refractivity contribution >= 4 is 10.0 Å². The van der Waals surface area contributed by atoms with E-state index in [1.165, 1.54) is 48.5 Å². The number of hydrogen-bond acceptors (Lipinski definition) is 6. The number of hydrogen-bond donors (Lipinski definition) is 0. The predicted molar refractivity (Wildman–Crippen MR) is 99.2 cm³/mol. The lowest BCUT2D eigenvalue weighted by molar-refractivity contribution is -0.153. The smallest absolute Gasteiger partial charge is 0.422 e. The van der Waals surface area contributed by atoms with Gasteiger partial charge in [-0.25, -0.2) is 12.8 Å². The van der Waals surface area contributed by atoms with E-state index >= 15 is 0 Å². The minimum atomic E-state index is -4.60. The zero-order valence-corrected chi connectivity index (χ0v) is 16.5. The maximum Gasteiger partial charge on any atom is 0.422 e. The number of alkyl halides is 3. The lowest BCUT2D eigenvalue weighted by atomic mass is 10.0. The SMILES string of the molecule is O=S(=O)(c1ccccc1OCC(F)(F)F)N1CC(c2nc(-c3ccc(F)cc3)no2)C1. The molecule has 0 spiro atoms. The zero-order chi connectivity index (χ0) is 22.2. The summed E-state index contributed by atoms with van der Waals surface area (Å²) in [5.74, 6) is -0.708. The zero-order valence-electron chi connectivity index (χ0n) is 15.7. The average molecular weight is 457 g/mol. The molecule has 7 nitrogen and oxygen atoms in total. The highest BCUT2D eigenvalue weighted by atomic mass is 32.2. The largest absolute Gasteiger partial charge is 0.483 e. The third-order valence-corrected chi connectivity index (χ3v) is 6.47. The number of aromatic nitrogens is 2. The molecule has 0 radical (unpaired) electrons. The van der Waals surface area contributed by atoms with E-state index in [4.69, 9.17) is 4.52 Å². The number of halogens is 4. The Hall–Kier alpha value is -2.99. The van der Waals surface area contributed by atoms with Gasteiger partial charge in [0, 0.05) is 18.7 Å². The topological polar surface area (TPSA) is 85.5 Å². The number of benzene rings is 2. The Labute approximate surface area is 174 Å². The van der Waals surface area contributed by atoms with Crippen LogP contribution in [0, 0.1) is 5.82 Å². The monoisotopic (exact) mass is 457 g/mol. The highest BCUT2D eigenvalue weighted by Gasteiger charge is 2.41. The maximum absolute atomic E-state index is 13.0. The fourth-order valence-electron chi connectivity index (χ4n) is 2.99. The quantitative estimate of drug-likeness (QED) is 0.526. The Morgan fingerprint density at radius 1 is 1.10 bits per heavy atom. The number of sulfonamides is 1. The van der Waals surface area contributed by atoms with Crippen molar-refractivity contribution in [2.24, 2.45) is 0 Å². The van der Waals surface area contributed by atoms with Gasteiger partial charge in [0.1, 0.15) is 16.5 Å². The highest BCUT2D eigenvalue weighted by Crippen LogP contribution is 2.35. The van der Waals surface area contributed by atoms with Gasteiger partial charge >= 0.3 is 6.18 Å². The van der Waals surface area contributed by atoms with Crippen LogP contribution in [-0.4, -0.2) is 48.7 Å². The molecule has 1 fully saturated rings. The van der Waals surface area contributed by atoms with Gasteiger partial charge in [-0.05, 0) is 36.4 Å². The van der Waals surface area contributed by atoms with Gasteiger partial charge in [0.25, 0.3) is 0 Å². The van der Waals surface area contributed by atoms with E-state index in [0.29, 0.717) is 5.56 Å². The van der Waals surface area contributed by atoms with Crippen molar-refractivity contribution in [1.82, 2.24) is 14.4 Å². The number of rotatable bonds is 6. The van der Waals surface area contributed by atoms with Gasteiger partial charge in [-0.2, -0.15) is 22.5 Å². The van der Waals surface area contributed by atoms with Gasteiger partial charge in [0.15, 0.2) is 6.61 Å². The summed E-state index contributed by atoms with van der Waals surface area (Å²) in [4.78, 5) is 3.87. The molecular formula is C19H15F4N3O4S. The summed E-state index contributed by atoms with van der Waals surface area (Å²) < 4.78 is 87.1. The van der Waals surface area contributed by atoms with Gasteiger partial charge in [-0.1, -0.05) is 17.3 Å². The van der Waals surface area contributed by atoms with Gasteiger partial charge in [-0.3, -0.25) is 0 Å². The molecule has 4 rings (SSSR count). The first-order valence-corrected chi connectivity index (χ1v) is 10.5. The second-order valence-corrected chi connectivity index (χ2v) is 8.74. The van der Waals surface area contributed by atoms with Crippen molar-refractivity contribution in [3.63, 3.8) is 0 Å². The van der Waals surface area contributed by atoms with Crippen molar-refractivity contribution < 1.29 is 35.2 Å². The van der Waals surface area contributed by atoms with Gasteiger partial charge < -0.3 is 9.26 Å². The van der Waals surface area contributed by atoms with Crippen molar-refractivity contribution in [2.75, 3.05) is 19.7 Å². The van der Waals surface area contributed by atoms with Crippen LogP contribution in [0.4, 0.5) is 17.6 Å². The lowest BCUT2D eigenvalue weighted by Gasteiger charge is -2.36. The summed E-state index contributed by atoms with van der Waals surface area (Å²) in [7, 11) is -4.08. The molecular weight excluding hydrogens is 442 g/mol. The molecule has 0 bridgehead atoms. The summed E-state index contributed by atoms with van der Waals surface area (Å²) in [6, 6.07) is 10.6. The summed E-state index contributed by atoms with van der Waals surface area (Å²) in [6.07, 6.45) is -4.60. The van der Waals surface area contributed by atoms with Crippen molar-refractivity contribution in [2.45, 2.75) is 17.0 Å². The Kier molecular flexibility index (Phi) is 5.43. The number of ether oxygens (including phenoxy) is 1. The van der Waals surface area contributed by atoms with Crippen LogP contribution in [0.25, 0.3) is 11.4 Å². The van der Waals surface area contributed by atoms with Crippen molar-refractivity contribution in [3.05, 3.63) is 60.2 Å². The van der Waals surface area contributed by atoms with Crippen LogP contribution in [0.3, 0.4) is 0 Å². The summed E-state index contributed by atoms with van der Waals surface area (Å²) in [5, 5.41) is 3.82. The first-order chi connectivity index (χ1) is 14.6. The van der Waals surface area contributed by atoms with Crippen LogP contribution in [-0.2, 0) is 10.0 Å². The molecule has 0 aliphatic carbocycles. The second-order valence-electron chi connectivity index (χ2n) is 6.83. The first-order valence-electron chi connectivity index (χ1n) is 9.02. The molecule has 2 heterocycles. The molecule has 0 atom stereocenters. The number of nitrogens with zero attached hydrogens (tertiary/aromatic N) is 3. The summed E-state index contributed by atoms with van der Waals surface area (Å²) in [6.45, 7) is -1.57. The molecule has 0 amide bonds. The molecule has 3 aromatic rings. The van der Waals surface area contributed by atoms with Gasteiger partial charge in [0.05, 0.1) is 5.92 Å². The molecule has 31 heavy (non-hydrogen) atoms. The molecule has 0 unspecified atom stereocenters. The Morgan fingerprint density at radius 3 is 2.45 bits per heavy atom. The van der Waals surface area contributed by atoms with Crippen molar-refractivity contribution in [3.8, 4) is 17.1 Å². The van der Waals surface area contributed by atoms with Crippen LogP contribution in [0.15, 0.2) is 57.9 Å². The maximum atomic E-state index is 13.0. The lowest BCUT2D eigenvalue weighted by Crippen LogP contribution is -2.48. The molecule has 2 aromatic carbocycles. The minimum absolute atomic E-state index is 0.0149. The third-order valence-electron chi connectivity index (χ3n) is 4.60. The van der Waals surface area contributed by atoms with E-state index in [0.717, 1.165) is 4.31 Å². The average Bonchev–Trinajstić information content (AvgIpc) is 3.15. The summed E-state index contributed by atoms with van der Waals surface area (Å²) >= 11 is 0. The first kappa shape index (κ1) is 21.2. The predicted octanol–water partition coefficient (Wildman–Crippen LogP) is 3.60. The fourth-order valence-corrected chi connectivity index (χ4v) is 4.65. The highest BCUT2D eigenvalue weighted by molar-refractivity contribution is 7.89. The minimum Gasteiger partial charge on any atom is -0.483 e. The number of para-hydroxylation sites is 1. The fraction of sp³-hybridized carbons (Fsp3) is 0.263. The van der Waals surface area contributed by atoms with Crippen LogP contribution in [0.2, 0.25) is 0 Å². The van der Waals surface area contributed by atoms with E-state index in [1.807, 2.05) is 0 Å². The molecule has 1 aliphatic rings. The van der Waals surface area contributed by atoms with Crippen LogP contribution in [0.1, 0.15) is 11.8 Å². The molecule has 0 N–H and O–H groups in total. The van der Waals surface area contributed by atoms with Crippen LogP contribution in [0.5, 0.6) is 5.75 Å². The molecule has 164 valence electrons. The molecule has 1 saturated heterocycles. The molecule has 1 aliphatic heterocycles. The van der Waals surface area contributed by atoms with E-state index in [-0.39, 0.29) is 41.4 Å². The van der Waals surface area contributed by atoms with E-state index in [2.05, 4.69) is 14.9 Å². The second kappa shape index (κ2) is 7.93. The molecule has 0 saturated carbocycles. The summed E-state index contributed by atoms with van der Waals surface area (Å²) in [5.41, 5.74) is 0.538. The third kappa shape index (κ3) is 4.54. The van der Waals surface area contributed by atoms with Crippen LogP contribution < -0.4 is 4.74 Å². The van der Waals surface area contributed by atoms with E-state index in [1.54, 1.807) is 0 Å². The van der Waals surface area contributed by atoms with E-state index < -0.39 is 28.6 Å². The van der Waals surface area contributed by atoms with Gasteiger partial charge in [-0.15, -0.1) is 0 Å².